The molecule has 0 radical (unpaired) electrons. The molecule has 0 aliphatic carbocycles. The first-order valence-corrected chi connectivity index (χ1v) is 9.47. The first kappa shape index (κ1) is 18.0. The Balaban J connectivity index is 1.55. The summed E-state index contributed by atoms with van der Waals surface area (Å²) in [7, 11) is 0. The molecule has 0 saturated heterocycles. The molecule has 2 aromatic carbocycles. The van der Waals surface area contributed by atoms with E-state index in [1.54, 1.807) is 4.90 Å². The molecule has 28 heavy (non-hydrogen) atoms. The van der Waals surface area contributed by atoms with Gasteiger partial charge in [-0.05, 0) is 18.1 Å². The SMILES string of the molecule is CCc1ccccc1NC(=O)N1CCc2nc(-c3ccccc3)[nH]c(=O)c2C1. The molecule has 0 atom stereocenters. The predicted molar refractivity (Wildman–Crippen MR) is 109 cm³/mol. The van der Waals surface area contributed by atoms with Gasteiger partial charge in [0, 0.05) is 24.2 Å². The molecule has 2 heterocycles. The molecule has 0 bridgehead atoms. The van der Waals surface area contributed by atoms with E-state index in [0.717, 1.165) is 28.9 Å². The minimum atomic E-state index is -0.196. The highest BCUT2D eigenvalue weighted by Gasteiger charge is 2.25. The zero-order chi connectivity index (χ0) is 19.5. The van der Waals surface area contributed by atoms with E-state index in [-0.39, 0.29) is 18.1 Å². The van der Waals surface area contributed by atoms with E-state index in [2.05, 4.69) is 22.2 Å². The standard InChI is InChI=1S/C22H22N4O2/c1-2-15-8-6-7-11-18(15)24-22(28)26-13-12-19-17(14-26)21(27)25-20(23-19)16-9-4-3-5-10-16/h3-11H,2,12-14H2,1H3,(H,24,28)(H,23,25,27). The maximum absolute atomic E-state index is 12.7. The van der Waals surface area contributed by atoms with Crippen LogP contribution < -0.4 is 10.9 Å². The lowest BCUT2D eigenvalue weighted by atomic mass is 10.1. The summed E-state index contributed by atoms with van der Waals surface area (Å²) in [5, 5.41) is 2.97. The molecule has 1 aliphatic heterocycles. The van der Waals surface area contributed by atoms with E-state index in [0.29, 0.717) is 24.4 Å². The number of aromatic nitrogens is 2. The van der Waals surface area contributed by atoms with Gasteiger partial charge in [-0.1, -0.05) is 55.5 Å². The van der Waals surface area contributed by atoms with Crippen molar-refractivity contribution in [1.82, 2.24) is 14.9 Å². The van der Waals surface area contributed by atoms with Crippen molar-refractivity contribution in [2.45, 2.75) is 26.3 Å². The van der Waals surface area contributed by atoms with Gasteiger partial charge in [-0.25, -0.2) is 9.78 Å². The van der Waals surface area contributed by atoms with Gasteiger partial charge in [0.1, 0.15) is 5.82 Å². The Hall–Kier alpha value is -3.41. The number of nitrogens with one attached hydrogen (secondary N) is 2. The molecule has 3 aromatic rings. The van der Waals surface area contributed by atoms with Crippen molar-refractivity contribution in [2.75, 3.05) is 11.9 Å². The van der Waals surface area contributed by atoms with Gasteiger partial charge < -0.3 is 15.2 Å². The fraction of sp³-hybridized carbons (Fsp3) is 0.227. The number of H-pyrrole nitrogens is 1. The van der Waals surface area contributed by atoms with Gasteiger partial charge in [-0.15, -0.1) is 0 Å². The highest BCUT2D eigenvalue weighted by molar-refractivity contribution is 5.90. The van der Waals surface area contributed by atoms with Crippen LogP contribution in [0.15, 0.2) is 59.4 Å². The second-order valence-corrected chi connectivity index (χ2v) is 6.82. The number of carbonyl (C=O) groups excluding carboxylic acids is 1. The number of anilines is 1. The molecule has 1 aromatic heterocycles. The van der Waals surface area contributed by atoms with E-state index < -0.39 is 0 Å². The predicted octanol–water partition coefficient (Wildman–Crippen LogP) is 3.59. The summed E-state index contributed by atoms with van der Waals surface area (Å²) in [6.07, 6.45) is 1.40. The quantitative estimate of drug-likeness (QED) is 0.735. The number of hydrogen-bond acceptors (Lipinski definition) is 3. The number of benzene rings is 2. The fourth-order valence-corrected chi connectivity index (χ4v) is 3.48. The van der Waals surface area contributed by atoms with Crippen LogP contribution in [-0.2, 0) is 19.4 Å². The van der Waals surface area contributed by atoms with Gasteiger partial charge in [0.25, 0.3) is 5.56 Å². The summed E-state index contributed by atoms with van der Waals surface area (Å²) < 4.78 is 0. The maximum atomic E-state index is 12.7. The Labute approximate surface area is 163 Å². The first-order chi connectivity index (χ1) is 13.7. The Kier molecular flexibility index (Phi) is 4.93. The first-order valence-electron chi connectivity index (χ1n) is 9.47. The molecular weight excluding hydrogens is 352 g/mol. The van der Waals surface area contributed by atoms with Crippen molar-refractivity contribution in [2.24, 2.45) is 0 Å². The second-order valence-electron chi connectivity index (χ2n) is 6.82. The lowest BCUT2D eigenvalue weighted by Gasteiger charge is -2.28. The number of carbonyl (C=O) groups is 1. The largest absolute Gasteiger partial charge is 0.322 e. The monoisotopic (exact) mass is 374 g/mol. The number of rotatable bonds is 3. The van der Waals surface area contributed by atoms with Crippen LogP contribution in [0.2, 0.25) is 0 Å². The zero-order valence-corrected chi connectivity index (χ0v) is 15.7. The average molecular weight is 374 g/mol. The normalized spacial score (nSPS) is 13.1. The molecule has 6 nitrogen and oxygen atoms in total. The number of amides is 2. The van der Waals surface area contributed by atoms with E-state index in [1.807, 2.05) is 54.6 Å². The summed E-state index contributed by atoms with van der Waals surface area (Å²) in [4.78, 5) is 34.5. The van der Waals surface area contributed by atoms with E-state index >= 15 is 0 Å². The van der Waals surface area contributed by atoms with Crippen LogP contribution in [0.3, 0.4) is 0 Å². The van der Waals surface area contributed by atoms with Gasteiger partial charge in [0.05, 0.1) is 17.8 Å². The molecule has 1 aliphatic rings. The molecule has 2 N–H and O–H groups in total. The molecule has 4 rings (SSSR count). The number of urea groups is 1. The van der Waals surface area contributed by atoms with E-state index in [4.69, 9.17) is 0 Å². The summed E-state index contributed by atoms with van der Waals surface area (Å²) in [5.41, 5.74) is 3.91. The van der Waals surface area contributed by atoms with Crippen LogP contribution in [0.1, 0.15) is 23.7 Å². The van der Waals surface area contributed by atoms with Crippen LogP contribution in [0.5, 0.6) is 0 Å². The second kappa shape index (κ2) is 7.68. The molecule has 0 spiro atoms. The number of fused-ring (bicyclic) bond motifs is 1. The molecule has 142 valence electrons. The van der Waals surface area contributed by atoms with Crippen molar-refractivity contribution in [3.05, 3.63) is 81.8 Å². The Bertz CT molecular complexity index is 1060. The third-order valence-electron chi connectivity index (χ3n) is 5.04. The number of aryl methyl sites for hydroxylation is 1. The van der Waals surface area contributed by atoms with Crippen molar-refractivity contribution in [3.8, 4) is 11.4 Å². The van der Waals surface area contributed by atoms with Crippen molar-refractivity contribution >= 4 is 11.7 Å². The van der Waals surface area contributed by atoms with Crippen LogP contribution in [0.4, 0.5) is 10.5 Å². The molecule has 0 fully saturated rings. The molecule has 0 unspecified atom stereocenters. The lowest BCUT2D eigenvalue weighted by molar-refractivity contribution is 0.205. The summed E-state index contributed by atoms with van der Waals surface area (Å²) in [6, 6.07) is 17.1. The van der Waals surface area contributed by atoms with E-state index in [9.17, 15) is 9.59 Å². The number of para-hydroxylation sites is 1. The number of nitrogens with zero attached hydrogens (tertiary/aromatic N) is 2. The van der Waals surface area contributed by atoms with Crippen LogP contribution in [0.25, 0.3) is 11.4 Å². The molecule has 2 amide bonds. The highest BCUT2D eigenvalue weighted by Crippen LogP contribution is 2.20. The van der Waals surface area contributed by atoms with Gasteiger partial charge >= 0.3 is 6.03 Å². The van der Waals surface area contributed by atoms with Crippen LogP contribution in [0, 0.1) is 0 Å². The van der Waals surface area contributed by atoms with Crippen molar-refractivity contribution in [1.29, 1.82) is 0 Å². The topological polar surface area (TPSA) is 78.1 Å². The van der Waals surface area contributed by atoms with Gasteiger partial charge in [0.15, 0.2) is 0 Å². The number of hydrogen-bond donors (Lipinski definition) is 2. The summed E-state index contributed by atoms with van der Waals surface area (Å²) >= 11 is 0. The summed E-state index contributed by atoms with van der Waals surface area (Å²) in [5.74, 6) is 0.569. The molecule has 6 heteroatoms. The van der Waals surface area contributed by atoms with Crippen molar-refractivity contribution in [3.63, 3.8) is 0 Å². The van der Waals surface area contributed by atoms with Crippen LogP contribution >= 0.6 is 0 Å². The smallest absolute Gasteiger partial charge is 0.320 e. The Morgan fingerprint density at radius 3 is 2.68 bits per heavy atom. The average Bonchev–Trinajstić information content (AvgIpc) is 2.74. The molecule has 0 saturated carbocycles. The van der Waals surface area contributed by atoms with Gasteiger partial charge in [0.2, 0.25) is 0 Å². The molecular formula is C22H22N4O2. The third kappa shape index (κ3) is 3.53. The van der Waals surface area contributed by atoms with Gasteiger partial charge in [-0.3, -0.25) is 4.79 Å². The number of aromatic amines is 1. The maximum Gasteiger partial charge on any atom is 0.322 e. The van der Waals surface area contributed by atoms with Gasteiger partial charge in [-0.2, -0.15) is 0 Å². The van der Waals surface area contributed by atoms with E-state index in [1.165, 1.54) is 0 Å². The fourth-order valence-electron chi connectivity index (χ4n) is 3.48. The Morgan fingerprint density at radius 2 is 1.89 bits per heavy atom. The van der Waals surface area contributed by atoms with Crippen LogP contribution in [-0.4, -0.2) is 27.4 Å². The minimum Gasteiger partial charge on any atom is -0.320 e. The summed E-state index contributed by atoms with van der Waals surface area (Å²) in [6.45, 7) is 2.84. The Morgan fingerprint density at radius 1 is 1.14 bits per heavy atom. The highest BCUT2D eigenvalue weighted by atomic mass is 16.2. The third-order valence-corrected chi connectivity index (χ3v) is 5.04. The zero-order valence-electron chi connectivity index (χ0n) is 15.7. The minimum absolute atomic E-state index is 0.185. The van der Waals surface area contributed by atoms with Crippen molar-refractivity contribution < 1.29 is 4.79 Å². The lowest BCUT2D eigenvalue weighted by Crippen LogP contribution is -2.41.